The lowest BCUT2D eigenvalue weighted by Crippen LogP contribution is -2.31. The Labute approximate surface area is 159 Å². The molecule has 7 heteroatoms. The van der Waals surface area contributed by atoms with E-state index < -0.39 is 0 Å². The lowest BCUT2D eigenvalue weighted by Gasteiger charge is -2.09. The van der Waals surface area contributed by atoms with Gasteiger partial charge < -0.3 is 10.1 Å². The van der Waals surface area contributed by atoms with E-state index in [0.29, 0.717) is 16.4 Å². The van der Waals surface area contributed by atoms with Crippen LogP contribution < -0.4 is 15.5 Å². The monoisotopic (exact) mass is 457 g/mol. The highest BCUT2D eigenvalue weighted by atomic mass is 127. The van der Waals surface area contributed by atoms with Crippen LogP contribution in [0.2, 0.25) is 0 Å². The maximum absolute atomic E-state index is 13.6. The van der Waals surface area contributed by atoms with Gasteiger partial charge in [0, 0.05) is 12.1 Å². The first-order valence-corrected chi connectivity index (χ1v) is 8.81. The zero-order chi connectivity index (χ0) is 17.4. The Morgan fingerprint density at radius 3 is 2.83 bits per heavy atom. The summed E-state index contributed by atoms with van der Waals surface area (Å²) in [6.45, 7) is 2.89. The minimum absolute atomic E-state index is 0.189. The number of rotatable bonds is 6. The third kappa shape index (κ3) is 5.72. The number of nitrogens with zero attached hydrogens (tertiary/aromatic N) is 1. The van der Waals surface area contributed by atoms with E-state index in [1.807, 2.05) is 25.1 Å². The van der Waals surface area contributed by atoms with Crippen molar-refractivity contribution >= 4 is 46.1 Å². The molecule has 0 aliphatic carbocycles. The lowest BCUT2D eigenvalue weighted by atomic mass is 10.2. The molecule has 0 spiro atoms. The highest BCUT2D eigenvalue weighted by Gasteiger charge is 2.05. The van der Waals surface area contributed by atoms with Gasteiger partial charge in [-0.25, -0.2) is 4.39 Å². The summed E-state index contributed by atoms with van der Waals surface area (Å²) in [5.41, 5.74) is 4.17. The van der Waals surface area contributed by atoms with Crippen LogP contribution in [0.5, 0.6) is 5.75 Å². The molecule has 0 aliphatic rings. The first-order valence-electron chi connectivity index (χ1n) is 7.32. The normalized spacial score (nSPS) is 10.6. The van der Waals surface area contributed by atoms with Gasteiger partial charge in [0.05, 0.1) is 9.78 Å². The van der Waals surface area contributed by atoms with Gasteiger partial charge in [-0.15, -0.1) is 0 Å². The average Bonchev–Trinajstić information content (AvgIpc) is 2.56. The first kappa shape index (κ1) is 18.6. The van der Waals surface area contributed by atoms with Crippen LogP contribution in [0.4, 0.5) is 4.39 Å². The standard InChI is InChI=1S/C17H17FIN3OS/c1-2-20-17(24)22-21-10-12-7-8-16(15(19)9-12)23-11-13-5-3-4-6-14(13)18/h3-10H,2,11H2,1H3,(H2,20,22,24). The van der Waals surface area contributed by atoms with Crippen LogP contribution in [0.15, 0.2) is 47.6 Å². The summed E-state index contributed by atoms with van der Waals surface area (Å²) < 4.78 is 20.2. The van der Waals surface area contributed by atoms with Gasteiger partial charge in [-0.3, -0.25) is 5.43 Å². The molecule has 0 saturated carbocycles. The fraction of sp³-hybridized carbons (Fsp3) is 0.176. The number of thiocarbonyl (C=S) groups is 1. The van der Waals surface area contributed by atoms with Crippen LogP contribution >= 0.6 is 34.8 Å². The topological polar surface area (TPSA) is 45.7 Å². The van der Waals surface area contributed by atoms with E-state index >= 15 is 0 Å². The highest BCUT2D eigenvalue weighted by molar-refractivity contribution is 14.1. The largest absolute Gasteiger partial charge is 0.488 e. The SMILES string of the molecule is CCNC(=S)NN=Cc1ccc(OCc2ccccc2F)c(I)c1. The van der Waals surface area contributed by atoms with Crippen LogP contribution in [0.25, 0.3) is 0 Å². The van der Waals surface area contributed by atoms with Crippen molar-refractivity contribution in [2.24, 2.45) is 5.10 Å². The van der Waals surface area contributed by atoms with E-state index in [1.165, 1.54) is 6.07 Å². The summed E-state index contributed by atoms with van der Waals surface area (Å²) in [5.74, 6) is 0.436. The molecule has 0 aromatic heterocycles. The van der Waals surface area contributed by atoms with Crippen molar-refractivity contribution in [3.8, 4) is 5.75 Å². The zero-order valence-electron chi connectivity index (χ0n) is 13.1. The van der Waals surface area contributed by atoms with Crippen LogP contribution in [0, 0.1) is 9.39 Å². The molecule has 24 heavy (non-hydrogen) atoms. The fourth-order valence-electron chi connectivity index (χ4n) is 1.85. The van der Waals surface area contributed by atoms with Crippen molar-refractivity contribution in [3.63, 3.8) is 0 Å². The summed E-state index contributed by atoms with van der Waals surface area (Å²) in [7, 11) is 0. The molecule has 4 nitrogen and oxygen atoms in total. The Kier molecular flexibility index (Phi) is 7.38. The number of halogens is 2. The lowest BCUT2D eigenvalue weighted by molar-refractivity contribution is 0.297. The molecule has 0 unspecified atom stereocenters. The maximum atomic E-state index is 13.6. The van der Waals surface area contributed by atoms with E-state index in [0.717, 1.165) is 15.7 Å². The molecule has 0 heterocycles. The van der Waals surface area contributed by atoms with Crippen molar-refractivity contribution in [2.75, 3.05) is 6.54 Å². The molecule has 0 radical (unpaired) electrons. The van der Waals surface area contributed by atoms with Gasteiger partial charge in [-0.2, -0.15) is 5.10 Å². The molecular formula is C17H17FIN3OS. The minimum atomic E-state index is -0.265. The Morgan fingerprint density at radius 1 is 1.33 bits per heavy atom. The van der Waals surface area contributed by atoms with Crippen molar-refractivity contribution in [1.29, 1.82) is 0 Å². The smallest absolute Gasteiger partial charge is 0.186 e. The quantitative estimate of drug-likeness (QED) is 0.300. The molecule has 0 saturated heterocycles. The predicted molar refractivity (Wildman–Crippen MR) is 107 cm³/mol. The van der Waals surface area contributed by atoms with Gasteiger partial charge in [-0.1, -0.05) is 18.2 Å². The number of nitrogens with one attached hydrogen (secondary N) is 2. The van der Waals surface area contributed by atoms with Crippen LogP contribution in [0.3, 0.4) is 0 Å². The Hall–Kier alpha value is -1.74. The van der Waals surface area contributed by atoms with Gasteiger partial charge in [0.2, 0.25) is 0 Å². The Morgan fingerprint density at radius 2 is 2.12 bits per heavy atom. The van der Waals surface area contributed by atoms with E-state index in [2.05, 4.69) is 38.4 Å². The van der Waals surface area contributed by atoms with E-state index in [4.69, 9.17) is 17.0 Å². The summed E-state index contributed by atoms with van der Waals surface area (Å²) in [5, 5.41) is 7.49. The molecule has 0 aliphatic heterocycles. The van der Waals surface area contributed by atoms with Crippen LogP contribution in [0.1, 0.15) is 18.1 Å². The molecule has 2 N–H and O–H groups in total. The second-order valence-corrected chi connectivity index (χ2v) is 6.37. The van der Waals surface area contributed by atoms with Crippen molar-refractivity contribution in [3.05, 3.63) is 63.0 Å². The molecular weight excluding hydrogens is 440 g/mol. The first-order chi connectivity index (χ1) is 11.6. The van der Waals surface area contributed by atoms with Crippen LogP contribution in [-0.2, 0) is 6.61 Å². The molecule has 126 valence electrons. The molecule has 2 aromatic carbocycles. The summed E-state index contributed by atoms with van der Waals surface area (Å²) in [6, 6.07) is 12.2. The number of hydrogen-bond acceptors (Lipinski definition) is 3. The summed E-state index contributed by atoms with van der Waals surface area (Å²) in [4.78, 5) is 0. The Bertz CT molecular complexity index is 740. The molecule has 2 aromatic rings. The number of benzene rings is 2. The van der Waals surface area contributed by atoms with E-state index in [1.54, 1.807) is 24.4 Å². The third-order valence-corrected chi connectivity index (χ3v) is 4.09. The second-order valence-electron chi connectivity index (χ2n) is 4.80. The van der Waals surface area contributed by atoms with Crippen LogP contribution in [-0.4, -0.2) is 17.9 Å². The second kappa shape index (κ2) is 9.53. The molecule has 2 rings (SSSR count). The zero-order valence-corrected chi connectivity index (χ0v) is 16.0. The molecule has 0 atom stereocenters. The Balaban J connectivity index is 1.95. The molecule has 0 bridgehead atoms. The highest BCUT2D eigenvalue weighted by Crippen LogP contribution is 2.23. The number of hydrogen-bond donors (Lipinski definition) is 2. The van der Waals surface area contributed by atoms with E-state index in [-0.39, 0.29) is 12.4 Å². The van der Waals surface area contributed by atoms with Crippen molar-refractivity contribution in [2.45, 2.75) is 13.5 Å². The minimum Gasteiger partial charge on any atom is -0.488 e. The maximum Gasteiger partial charge on any atom is 0.186 e. The van der Waals surface area contributed by atoms with Gasteiger partial charge in [0.1, 0.15) is 18.2 Å². The fourth-order valence-corrected chi connectivity index (χ4v) is 2.74. The average molecular weight is 457 g/mol. The molecule has 0 amide bonds. The number of hydrazone groups is 1. The van der Waals surface area contributed by atoms with Crippen molar-refractivity contribution < 1.29 is 9.13 Å². The summed E-state index contributed by atoms with van der Waals surface area (Å²) >= 11 is 7.20. The van der Waals surface area contributed by atoms with Gasteiger partial charge in [0.15, 0.2) is 5.11 Å². The van der Waals surface area contributed by atoms with Gasteiger partial charge >= 0.3 is 0 Å². The van der Waals surface area contributed by atoms with Gasteiger partial charge in [-0.05, 0) is 71.6 Å². The molecule has 0 fully saturated rings. The predicted octanol–water partition coefficient (Wildman–Crippen LogP) is 3.83. The summed E-state index contributed by atoms with van der Waals surface area (Å²) in [6.07, 6.45) is 1.67. The van der Waals surface area contributed by atoms with Crippen molar-refractivity contribution in [1.82, 2.24) is 10.7 Å². The number of ether oxygens (including phenoxy) is 1. The third-order valence-electron chi connectivity index (χ3n) is 3.01. The van der Waals surface area contributed by atoms with Gasteiger partial charge in [0.25, 0.3) is 0 Å². The van der Waals surface area contributed by atoms with E-state index in [9.17, 15) is 4.39 Å².